The van der Waals surface area contributed by atoms with E-state index in [1.165, 1.54) is 69.3 Å². The van der Waals surface area contributed by atoms with Gasteiger partial charge in [0.25, 0.3) is 0 Å². The smallest absolute Gasteiger partial charge is 0.181 e. The van der Waals surface area contributed by atoms with E-state index in [0.717, 1.165) is 72.8 Å². The van der Waals surface area contributed by atoms with Crippen LogP contribution >= 0.6 is 22.7 Å². The minimum Gasteiger partial charge on any atom is -0.485 e. The molecule has 3 aliphatic rings. The molecular weight excluding hydrogens is 763 g/mol. The second-order valence-electron chi connectivity index (χ2n) is 17.2. The van der Waals surface area contributed by atoms with Gasteiger partial charge >= 0.3 is 0 Å². The first-order chi connectivity index (χ1) is 28.7. The number of aryl methyl sites for hydroxylation is 1. The number of fused-ring (bicyclic) bond motifs is 7. The summed E-state index contributed by atoms with van der Waals surface area (Å²) in [4.78, 5) is 18.5. The van der Waals surface area contributed by atoms with Crippen LogP contribution in [0.5, 0.6) is 11.5 Å². The van der Waals surface area contributed by atoms with Crippen LogP contribution in [0.15, 0.2) is 115 Å². The lowest BCUT2D eigenvalue weighted by molar-refractivity contribution is 0.112. The number of ether oxygens (including phenoxy) is 2. The van der Waals surface area contributed by atoms with Gasteiger partial charge in [-0.15, -0.1) is 22.7 Å². The molecule has 2 aliphatic carbocycles. The maximum absolute atomic E-state index is 12.0. The van der Waals surface area contributed by atoms with E-state index >= 15 is 0 Å². The topological polar surface area (TPSA) is 38.8 Å². The van der Waals surface area contributed by atoms with Crippen LogP contribution in [0.2, 0.25) is 0 Å². The van der Waals surface area contributed by atoms with Gasteiger partial charge in [-0.3, -0.25) is 4.79 Å². The van der Waals surface area contributed by atoms with Gasteiger partial charge in [0.15, 0.2) is 17.8 Å². The standard InChI is InChI=1S/C53H49NO3S2/c1-6-7-8-9-14-34-29-38(32-55)58-50(34)51-48-47(56-27-28-57-48)49(59-51)33-19-21-35(22-20-33)54(36-23-25-41-39-15-10-12-17-43(39)52(2,3)45(41)30-36)37-24-26-42-40-16-11-13-18-44(40)53(4,5)46(42)31-37/h10-13,15-26,29-32H,6-9,14,27-28H2,1-5H3. The Morgan fingerprint density at radius 3 is 1.69 bits per heavy atom. The van der Waals surface area contributed by atoms with Gasteiger partial charge in [0, 0.05) is 27.9 Å². The predicted molar refractivity (Wildman–Crippen MR) is 247 cm³/mol. The van der Waals surface area contributed by atoms with Gasteiger partial charge in [-0.2, -0.15) is 0 Å². The zero-order valence-electron chi connectivity index (χ0n) is 34.5. The molecule has 0 unspecified atom stereocenters. The Morgan fingerprint density at radius 2 is 1.12 bits per heavy atom. The number of carbonyl (C=O) groups is 1. The fraction of sp³-hybridized carbons (Fsp3) is 0.264. The first-order valence-electron chi connectivity index (χ1n) is 21.1. The Balaban J connectivity index is 1.07. The van der Waals surface area contributed by atoms with Crippen molar-refractivity contribution in [3.8, 4) is 53.9 Å². The molecular formula is C53H49NO3S2. The molecule has 0 fully saturated rings. The van der Waals surface area contributed by atoms with Gasteiger partial charge in [0.2, 0.25) is 0 Å². The molecule has 7 aromatic rings. The van der Waals surface area contributed by atoms with Crippen molar-refractivity contribution in [1.29, 1.82) is 0 Å². The second-order valence-corrected chi connectivity index (χ2v) is 19.3. The lowest BCUT2D eigenvalue weighted by Crippen LogP contribution is -2.18. The third kappa shape index (κ3) is 6.17. The van der Waals surface area contributed by atoms with E-state index in [0.29, 0.717) is 13.2 Å². The molecule has 0 N–H and O–H groups in total. The molecule has 0 amide bonds. The van der Waals surface area contributed by atoms with Crippen LogP contribution in [0.3, 0.4) is 0 Å². The average molecular weight is 812 g/mol. The number of thiophene rings is 2. The zero-order chi connectivity index (χ0) is 40.5. The van der Waals surface area contributed by atoms with Crippen LogP contribution in [0.1, 0.15) is 97.8 Å². The molecule has 4 nitrogen and oxygen atoms in total. The fourth-order valence-corrected chi connectivity index (χ4v) is 12.2. The third-order valence-electron chi connectivity index (χ3n) is 12.9. The van der Waals surface area contributed by atoms with Crippen molar-refractivity contribution in [3.05, 3.63) is 148 Å². The predicted octanol–water partition coefficient (Wildman–Crippen LogP) is 14.9. The summed E-state index contributed by atoms with van der Waals surface area (Å²) in [7, 11) is 0. The fourth-order valence-electron chi connectivity index (χ4n) is 9.79. The van der Waals surface area contributed by atoms with Gasteiger partial charge in [0.05, 0.1) is 19.5 Å². The van der Waals surface area contributed by atoms with Crippen LogP contribution in [0, 0.1) is 0 Å². The normalized spacial score (nSPS) is 15.0. The van der Waals surface area contributed by atoms with Crippen LogP contribution in [-0.2, 0) is 17.3 Å². The summed E-state index contributed by atoms with van der Waals surface area (Å²) in [5, 5.41) is 0. The summed E-state index contributed by atoms with van der Waals surface area (Å²) in [6.07, 6.45) is 6.64. The van der Waals surface area contributed by atoms with Crippen molar-refractivity contribution < 1.29 is 14.3 Å². The summed E-state index contributed by atoms with van der Waals surface area (Å²) in [6.45, 7) is 12.7. The molecule has 296 valence electrons. The first-order valence-corrected chi connectivity index (χ1v) is 22.7. The molecule has 0 bridgehead atoms. The molecule has 0 saturated heterocycles. The lowest BCUT2D eigenvalue weighted by Gasteiger charge is -2.30. The molecule has 59 heavy (non-hydrogen) atoms. The van der Waals surface area contributed by atoms with E-state index in [2.05, 4.69) is 155 Å². The number of carbonyl (C=O) groups excluding carboxylic acids is 1. The Kier molecular flexibility index (Phi) is 9.41. The summed E-state index contributed by atoms with van der Waals surface area (Å²) < 4.78 is 12.8. The molecule has 3 heterocycles. The number of hydrogen-bond donors (Lipinski definition) is 0. The van der Waals surface area contributed by atoms with Crippen molar-refractivity contribution in [3.63, 3.8) is 0 Å². The number of anilines is 3. The minimum absolute atomic E-state index is 0.124. The number of nitrogens with zero attached hydrogens (tertiary/aromatic N) is 1. The highest BCUT2D eigenvalue weighted by Gasteiger charge is 2.38. The highest BCUT2D eigenvalue weighted by molar-refractivity contribution is 7.25. The molecule has 5 aromatic carbocycles. The zero-order valence-corrected chi connectivity index (χ0v) is 36.1. The van der Waals surface area contributed by atoms with E-state index in [-0.39, 0.29) is 10.8 Å². The molecule has 1 aliphatic heterocycles. The van der Waals surface area contributed by atoms with Gasteiger partial charge < -0.3 is 14.4 Å². The Labute approximate surface area is 356 Å². The molecule has 10 rings (SSSR count). The van der Waals surface area contributed by atoms with Gasteiger partial charge in [-0.05, 0) is 111 Å². The maximum atomic E-state index is 12.0. The van der Waals surface area contributed by atoms with Crippen molar-refractivity contribution in [2.24, 2.45) is 0 Å². The van der Waals surface area contributed by atoms with Crippen molar-refractivity contribution in [2.45, 2.75) is 77.6 Å². The molecule has 0 saturated carbocycles. The van der Waals surface area contributed by atoms with Gasteiger partial charge in [-0.1, -0.05) is 127 Å². The van der Waals surface area contributed by atoms with Crippen LogP contribution < -0.4 is 14.4 Å². The highest BCUT2D eigenvalue weighted by atomic mass is 32.1. The van der Waals surface area contributed by atoms with E-state index < -0.39 is 0 Å². The number of benzene rings is 5. The van der Waals surface area contributed by atoms with E-state index in [4.69, 9.17) is 9.47 Å². The van der Waals surface area contributed by atoms with Crippen LogP contribution in [0.25, 0.3) is 42.4 Å². The van der Waals surface area contributed by atoms with Gasteiger partial charge in [-0.25, -0.2) is 0 Å². The molecule has 6 heteroatoms. The maximum Gasteiger partial charge on any atom is 0.181 e. The quantitative estimate of drug-likeness (QED) is 0.0963. The van der Waals surface area contributed by atoms with Crippen molar-refractivity contribution in [2.75, 3.05) is 18.1 Å². The monoisotopic (exact) mass is 811 g/mol. The van der Waals surface area contributed by atoms with E-state index in [1.807, 2.05) is 0 Å². The Morgan fingerprint density at radius 1 is 0.576 bits per heavy atom. The lowest BCUT2D eigenvalue weighted by atomic mass is 9.82. The number of aldehydes is 1. The number of unbranched alkanes of at least 4 members (excludes halogenated alkanes) is 3. The summed E-state index contributed by atoms with van der Waals surface area (Å²) in [5.74, 6) is 1.61. The Bertz CT molecular complexity index is 2640. The third-order valence-corrected chi connectivity index (χ3v) is 15.4. The highest BCUT2D eigenvalue weighted by Crippen LogP contribution is 2.57. The van der Waals surface area contributed by atoms with Crippen LogP contribution in [0.4, 0.5) is 17.1 Å². The second kappa shape index (κ2) is 14.7. The molecule has 0 spiro atoms. The van der Waals surface area contributed by atoms with Crippen LogP contribution in [-0.4, -0.2) is 19.5 Å². The number of rotatable bonds is 11. The Hall–Kier alpha value is -5.43. The SMILES string of the molecule is CCCCCCc1cc(C=O)sc1-c1sc(-c2ccc(N(c3ccc4c(c3)C(C)(C)c3ccccc3-4)c3ccc4c(c3)C(C)(C)c3ccccc3-4)cc2)c2c1OCCO2. The van der Waals surface area contributed by atoms with Gasteiger partial charge in [0.1, 0.15) is 13.2 Å². The van der Waals surface area contributed by atoms with E-state index in [1.54, 1.807) is 22.7 Å². The molecule has 0 radical (unpaired) electrons. The van der Waals surface area contributed by atoms with Crippen molar-refractivity contribution in [1.82, 2.24) is 0 Å². The summed E-state index contributed by atoms with van der Waals surface area (Å²) >= 11 is 3.28. The largest absolute Gasteiger partial charge is 0.485 e. The average Bonchev–Trinajstić information content (AvgIpc) is 3.98. The molecule has 2 aromatic heterocycles. The van der Waals surface area contributed by atoms with E-state index in [9.17, 15) is 4.79 Å². The first kappa shape index (κ1) is 37.8. The summed E-state index contributed by atoms with van der Waals surface area (Å²) in [5.41, 5.74) is 16.1. The molecule has 0 atom stereocenters. The van der Waals surface area contributed by atoms with Crippen molar-refractivity contribution >= 4 is 46.0 Å². The summed E-state index contributed by atoms with van der Waals surface area (Å²) in [6, 6.07) is 42.8. The minimum atomic E-state index is -0.124. The number of hydrogen-bond acceptors (Lipinski definition) is 6.